The minimum atomic E-state index is -0.971. The van der Waals surface area contributed by atoms with Crippen molar-refractivity contribution < 1.29 is 13.6 Å². The first-order chi connectivity index (χ1) is 9.65. The van der Waals surface area contributed by atoms with Crippen LogP contribution in [-0.4, -0.2) is 5.91 Å². The number of fused-ring (bicyclic) bond motifs is 1. The summed E-state index contributed by atoms with van der Waals surface area (Å²) in [6.45, 7) is 0. The minimum Gasteiger partial charge on any atom is -0.322 e. The molecule has 2 aromatic rings. The molecule has 2 nitrogen and oxygen atoms in total. The maximum Gasteiger partial charge on any atom is 0.255 e. The van der Waals surface area contributed by atoms with Crippen molar-refractivity contribution in [2.75, 3.05) is 5.32 Å². The maximum atomic E-state index is 13.1. The third kappa shape index (κ3) is 2.29. The Labute approximate surface area is 115 Å². The number of amides is 1. The quantitative estimate of drug-likeness (QED) is 0.888. The maximum absolute atomic E-state index is 13.1. The molecule has 0 fully saturated rings. The van der Waals surface area contributed by atoms with Crippen LogP contribution in [-0.2, 0) is 12.8 Å². The van der Waals surface area contributed by atoms with Crippen molar-refractivity contribution in [3.8, 4) is 0 Å². The van der Waals surface area contributed by atoms with Gasteiger partial charge >= 0.3 is 0 Å². The van der Waals surface area contributed by atoms with Crippen molar-refractivity contribution in [3.63, 3.8) is 0 Å². The summed E-state index contributed by atoms with van der Waals surface area (Å²) in [5, 5.41) is 2.61. The molecule has 0 aliphatic heterocycles. The number of nitrogens with one attached hydrogen (secondary N) is 1. The largest absolute Gasteiger partial charge is 0.322 e. The molecule has 0 radical (unpaired) electrons. The van der Waals surface area contributed by atoms with Gasteiger partial charge in [0.25, 0.3) is 5.91 Å². The lowest BCUT2D eigenvalue weighted by molar-refractivity contribution is 0.102. The van der Waals surface area contributed by atoms with Crippen LogP contribution in [0.3, 0.4) is 0 Å². The monoisotopic (exact) mass is 273 g/mol. The molecule has 1 N–H and O–H groups in total. The van der Waals surface area contributed by atoms with Gasteiger partial charge in [0, 0.05) is 17.3 Å². The summed E-state index contributed by atoms with van der Waals surface area (Å²) >= 11 is 0. The normalized spacial score (nSPS) is 13.1. The zero-order valence-corrected chi connectivity index (χ0v) is 10.7. The van der Waals surface area contributed by atoms with Gasteiger partial charge in [-0.3, -0.25) is 4.79 Å². The predicted molar refractivity (Wildman–Crippen MR) is 72.8 cm³/mol. The number of hydrogen-bond donors (Lipinski definition) is 1. The van der Waals surface area contributed by atoms with E-state index in [0.29, 0.717) is 5.56 Å². The molecule has 3 rings (SSSR count). The van der Waals surface area contributed by atoms with Gasteiger partial charge in [0.05, 0.1) is 0 Å². The highest BCUT2D eigenvalue weighted by atomic mass is 19.2. The number of carbonyl (C=O) groups is 1. The molecule has 0 aromatic heterocycles. The van der Waals surface area contributed by atoms with Crippen LogP contribution < -0.4 is 5.32 Å². The van der Waals surface area contributed by atoms with E-state index >= 15 is 0 Å². The van der Waals surface area contributed by atoms with E-state index in [0.717, 1.165) is 37.0 Å². The van der Waals surface area contributed by atoms with Gasteiger partial charge in [-0.25, -0.2) is 8.78 Å². The lowest BCUT2D eigenvalue weighted by atomic mass is 10.0. The third-order valence-corrected chi connectivity index (χ3v) is 3.57. The standard InChI is InChI=1S/C16H13F2NO/c17-14-8-7-11(9-15(14)18)19-16(20)13-6-2-4-10-3-1-5-12(10)13/h2,4,6-9H,1,3,5H2,(H,19,20). The SMILES string of the molecule is O=C(Nc1ccc(F)c(F)c1)c1cccc2c1CCC2. The topological polar surface area (TPSA) is 29.1 Å². The lowest BCUT2D eigenvalue weighted by Crippen LogP contribution is -2.14. The average Bonchev–Trinajstić information content (AvgIpc) is 2.91. The molecule has 4 heteroatoms. The molecule has 2 aromatic carbocycles. The van der Waals surface area contributed by atoms with Gasteiger partial charge in [-0.2, -0.15) is 0 Å². The highest BCUT2D eigenvalue weighted by molar-refractivity contribution is 6.05. The molecule has 0 atom stereocenters. The first-order valence-electron chi connectivity index (χ1n) is 6.52. The van der Waals surface area contributed by atoms with Crippen LogP contribution in [0.2, 0.25) is 0 Å². The Morgan fingerprint density at radius 3 is 2.70 bits per heavy atom. The fourth-order valence-corrected chi connectivity index (χ4v) is 2.60. The zero-order valence-electron chi connectivity index (χ0n) is 10.7. The fraction of sp³-hybridized carbons (Fsp3) is 0.188. The smallest absolute Gasteiger partial charge is 0.255 e. The number of halogens is 2. The van der Waals surface area contributed by atoms with E-state index in [9.17, 15) is 13.6 Å². The Morgan fingerprint density at radius 1 is 1.05 bits per heavy atom. The van der Waals surface area contributed by atoms with E-state index < -0.39 is 11.6 Å². The summed E-state index contributed by atoms with van der Waals surface area (Å²) in [7, 11) is 0. The van der Waals surface area contributed by atoms with Gasteiger partial charge < -0.3 is 5.32 Å². The Kier molecular flexibility index (Phi) is 3.22. The summed E-state index contributed by atoms with van der Waals surface area (Å²) in [4.78, 5) is 12.2. The Hall–Kier alpha value is -2.23. The Morgan fingerprint density at radius 2 is 1.90 bits per heavy atom. The van der Waals surface area contributed by atoms with Crippen molar-refractivity contribution in [1.82, 2.24) is 0 Å². The zero-order chi connectivity index (χ0) is 14.1. The van der Waals surface area contributed by atoms with Crippen molar-refractivity contribution in [2.45, 2.75) is 19.3 Å². The van der Waals surface area contributed by atoms with Crippen molar-refractivity contribution >= 4 is 11.6 Å². The number of anilines is 1. The number of benzene rings is 2. The molecular formula is C16H13F2NO. The number of rotatable bonds is 2. The predicted octanol–water partition coefficient (Wildman–Crippen LogP) is 3.71. The van der Waals surface area contributed by atoms with Crippen LogP contribution in [0.5, 0.6) is 0 Å². The molecule has 0 saturated heterocycles. The van der Waals surface area contributed by atoms with Crippen molar-refractivity contribution in [3.05, 3.63) is 64.7 Å². The van der Waals surface area contributed by atoms with E-state index in [2.05, 4.69) is 5.32 Å². The summed E-state index contributed by atoms with van der Waals surface area (Å²) in [5.41, 5.74) is 3.13. The average molecular weight is 273 g/mol. The summed E-state index contributed by atoms with van der Waals surface area (Å²) in [6.07, 6.45) is 2.92. The Bertz CT molecular complexity index is 682. The molecule has 102 valence electrons. The highest BCUT2D eigenvalue weighted by Crippen LogP contribution is 2.26. The van der Waals surface area contributed by atoms with E-state index in [4.69, 9.17) is 0 Å². The number of carbonyl (C=O) groups excluding carboxylic acids is 1. The van der Waals surface area contributed by atoms with Gasteiger partial charge in [0.2, 0.25) is 0 Å². The first-order valence-corrected chi connectivity index (χ1v) is 6.52. The van der Waals surface area contributed by atoms with Crippen LogP contribution in [0.4, 0.5) is 14.5 Å². The molecule has 0 bridgehead atoms. The van der Waals surface area contributed by atoms with E-state index in [1.54, 1.807) is 6.07 Å². The van der Waals surface area contributed by atoms with Crippen LogP contribution in [0.1, 0.15) is 27.9 Å². The molecule has 0 spiro atoms. The van der Waals surface area contributed by atoms with E-state index in [1.165, 1.54) is 11.6 Å². The second kappa shape index (κ2) is 5.04. The molecule has 0 saturated carbocycles. The summed E-state index contributed by atoms with van der Waals surface area (Å²) in [5.74, 6) is -2.18. The lowest BCUT2D eigenvalue weighted by Gasteiger charge is -2.09. The second-order valence-corrected chi connectivity index (χ2v) is 4.88. The van der Waals surface area contributed by atoms with Crippen LogP contribution in [0, 0.1) is 11.6 Å². The van der Waals surface area contributed by atoms with Gasteiger partial charge in [-0.1, -0.05) is 12.1 Å². The molecule has 1 aliphatic carbocycles. The Balaban J connectivity index is 1.87. The van der Waals surface area contributed by atoms with Gasteiger partial charge in [0.15, 0.2) is 11.6 Å². The minimum absolute atomic E-state index is 0.254. The van der Waals surface area contributed by atoms with Gasteiger partial charge in [0.1, 0.15) is 0 Å². The first kappa shape index (κ1) is 12.8. The van der Waals surface area contributed by atoms with Gasteiger partial charge in [-0.05, 0) is 48.6 Å². The molecule has 1 aliphatic rings. The molecule has 1 amide bonds. The number of aryl methyl sites for hydroxylation is 1. The molecule has 20 heavy (non-hydrogen) atoms. The van der Waals surface area contributed by atoms with E-state index in [-0.39, 0.29) is 11.6 Å². The molecular weight excluding hydrogens is 260 g/mol. The summed E-state index contributed by atoms with van der Waals surface area (Å²) < 4.78 is 26.0. The van der Waals surface area contributed by atoms with Crippen molar-refractivity contribution in [1.29, 1.82) is 0 Å². The fourth-order valence-electron chi connectivity index (χ4n) is 2.60. The van der Waals surface area contributed by atoms with Crippen LogP contribution in [0.25, 0.3) is 0 Å². The van der Waals surface area contributed by atoms with E-state index in [1.807, 2.05) is 12.1 Å². The van der Waals surface area contributed by atoms with Crippen molar-refractivity contribution in [2.24, 2.45) is 0 Å². The van der Waals surface area contributed by atoms with Crippen LogP contribution in [0.15, 0.2) is 36.4 Å². The van der Waals surface area contributed by atoms with Crippen LogP contribution >= 0.6 is 0 Å². The third-order valence-electron chi connectivity index (χ3n) is 3.57. The molecule has 0 unspecified atom stereocenters. The summed E-state index contributed by atoms with van der Waals surface area (Å²) in [6, 6.07) is 8.97. The highest BCUT2D eigenvalue weighted by Gasteiger charge is 2.18. The number of hydrogen-bond acceptors (Lipinski definition) is 1. The molecule has 0 heterocycles. The van der Waals surface area contributed by atoms with Gasteiger partial charge in [-0.15, -0.1) is 0 Å². The second-order valence-electron chi connectivity index (χ2n) is 4.88.